The van der Waals surface area contributed by atoms with E-state index in [1.807, 2.05) is 70.5 Å². The molecule has 3 aromatic rings. The number of carbonyl (C=O) groups excluding carboxylic acids is 2. The van der Waals surface area contributed by atoms with E-state index in [2.05, 4.69) is 26.0 Å². The van der Waals surface area contributed by atoms with Crippen molar-refractivity contribution in [1.29, 1.82) is 0 Å². The van der Waals surface area contributed by atoms with Crippen LogP contribution in [-0.2, 0) is 9.59 Å². The predicted molar refractivity (Wildman–Crippen MR) is 142 cm³/mol. The summed E-state index contributed by atoms with van der Waals surface area (Å²) in [6.45, 7) is 5.55. The number of carbonyl (C=O) groups is 2. The molecule has 0 bridgehead atoms. The van der Waals surface area contributed by atoms with Gasteiger partial charge in [0.1, 0.15) is 10.5 Å². The van der Waals surface area contributed by atoms with Gasteiger partial charge in [-0.3, -0.25) is 9.59 Å². The van der Waals surface area contributed by atoms with E-state index >= 15 is 0 Å². The summed E-state index contributed by atoms with van der Waals surface area (Å²) in [4.78, 5) is 33.1. The third-order valence-electron chi connectivity index (χ3n) is 6.19. The van der Waals surface area contributed by atoms with Crippen LogP contribution in [0.15, 0.2) is 82.6 Å². The highest BCUT2D eigenvalue weighted by atomic mass is 32.2. The van der Waals surface area contributed by atoms with Crippen LogP contribution in [0.4, 0.5) is 11.4 Å². The highest BCUT2D eigenvalue weighted by Crippen LogP contribution is 2.54. The standard InChI is InChI=1S/C28H28N2O2S2/c1-3-15-29-23-18-24-22(17-21(23)25(27(29)31)33-19-11-7-5-8-12-19)26(28(32)30(24)16-4-2)34-20-13-9-6-10-14-20/h5-14,17-18,25-26H,3-4,15-16H2,1-2H3. The molecule has 0 radical (unpaired) electrons. The van der Waals surface area contributed by atoms with Crippen LogP contribution in [0.1, 0.15) is 48.3 Å². The van der Waals surface area contributed by atoms with Crippen LogP contribution in [0.5, 0.6) is 0 Å². The number of anilines is 2. The van der Waals surface area contributed by atoms with E-state index in [0.717, 1.165) is 45.1 Å². The normalized spacial score (nSPS) is 19.0. The molecule has 2 unspecified atom stereocenters. The molecule has 2 heterocycles. The second-order valence-corrected chi connectivity index (χ2v) is 10.9. The van der Waals surface area contributed by atoms with E-state index in [1.165, 1.54) is 0 Å². The zero-order valence-electron chi connectivity index (χ0n) is 19.4. The molecule has 0 fully saturated rings. The summed E-state index contributed by atoms with van der Waals surface area (Å²) in [5.41, 5.74) is 3.96. The van der Waals surface area contributed by atoms with Gasteiger partial charge in [-0.1, -0.05) is 50.2 Å². The fourth-order valence-corrected chi connectivity index (χ4v) is 6.95. The first-order valence-electron chi connectivity index (χ1n) is 11.9. The Morgan fingerprint density at radius 3 is 1.44 bits per heavy atom. The van der Waals surface area contributed by atoms with Crippen molar-refractivity contribution in [2.24, 2.45) is 0 Å². The number of hydrogen-bond donors (Lipinski definition) is 0. The molecule has 4 nitrogen and oxygen atoms in total. The van der Waals surface area contributed by atoms with Gasteiger partial charge >= 0.3 is 0 Å². The molecular weight excluding hydrogens is 460 g/mol. The SMILES string of the molecule is CCCN1C(=O)C(Sc2ccccc2)c2cc3c(cc21)N(CCC)C(=O)C3Sc1ccccc1. The first kappa shape index (κ1) is 23.1. The summed E-state index contributed by atoms with van der Waals surface area (Å²) in [5, 5.41) is -0.598. The van der Waals surface area contributed by atoms with Crippen molar-refractivity contribution in [3.63, 3.8) is 0 Å². The van der Waals surface area contributed by atoms with Crippen molar-refractivity contribution in [3.8, 4) is 0 Å². The molecule has 3 aromatic carbocycles. The maximum atomic E-state index is 13.5. The van der Waals surface area contributed by atoms with Gasteiger partial charge in [0, 0.05) is 22.9 Å². The third-order valence-corrected chi connectivity index (χ3v) is 8.66. The second kappa shape index (κ2) is 9.88. The zero-order chi connectivity index (χ0) is 23.7. The Morgan fingerprint density at radius 1 is 0.647 bits per heavy atom. The van der Waals surface area contributed by atoms with Crippen LogP contribution in [0, 0.1) is 0 Å². The third kappa shape index (κ3) is 4.14. The van der Waals surface area contributed by atoms with Gasteiger partial charge in [0.15, 0.2) is 0 Å². The van der Waals surface area contributed by atoms with Gasteiger partial charge < -0.3 is 9.80 Å². The number of nitrogens with zero attached hydrogens (tertiary/aromatic N) is 2. The van der Waals surface area contributed by atoms with E-state index in [9.17, 15) is 9.59 Å². The molecule has 2 amide bonds. The van der Waals surface area contributed by atoms with Crippen LogP contribution in [0.2, 0.25) is 0 Å². The average Bonchev–Trinajstić information content (AvgIpc) is 3.25. The van der Waals surface area contributed by atoms with Gasteiger partial charge in [-0.15, -0.1) is 23.5 Å². The first-order chi connectivity index (χ1) is 16.6. The molecule has 2 aliphatic heterocycles. The molecule has 0 saturated carbocycles. The van der Waals surface area contributed by atoms with Gasteiger partial charge in [0.2, 0.25) is 11.8 Å². The Labute approximate surface area is 209 Å². The Bertz CT molecular complexity index is 1110. The van der Waals surface area contributed by atoms with Crippen molar-refractivity contribution in [2.45, 2.75) is 47.0 Å². The van der Waals surface area contributed by atoms with Crippen LogP contribution in [0.25, 0.3) is 0 Å². The molecular formula is C28H28N2O2S2. The minimum absolute atomic E-state index is 0.134. The first-order valence-corrected chi connectivity index (χ1v) is 13.6. The smallest absolute Gasteiger partial charge is 0.245 e. The van der Waals surface area contributed by atoms with Gasteiger partial charge in [0.25, 0.3) is 0 Å². The Balaban J connectivity index is 1.60. The highest BCUT2D eigenvalue weighted by molar-refractivity contribution is 8.00. The Morgan fingerprint density at radius 2 is 1.06 bits per heavy atom. The minimum atomic E-state index is -0.299. The van der Waals surface area contributed by atoms with Crippen LogP contribution in [0.3, 0.4) is 0 Å². The molecule has 0 aliphatic carbocycles. The lowest BCUT2D eigenvalue weighted by Gasteiger charge is -2.20. The average molecular weight is 489 g/mol. The van der Waals surface area contributed by atoms with E-state index < -0.39 is 0 Å². The van der Waals surface area contributed by atoms with E-state index in [4.69, 9.17) is 0 Å². The number of amides is 2. The lowest BCUT2D eigenvalue weighted by atomic mass is 10.1. The summed E-state index contributed by atoms with van der Waals surface area (Å²) >= 11 is 3.20. The largest absolute Gasteiger partial charge is 0.311 e. The van der Waals surface area contributed by atoms with Crippen molar-refractivity contribution in [3.05, 3.63) is 83.9 Å². The summed E-state index contributed by atoms with van der Waals surface area (Å²) in [5.74, 6) is 0.269. The van der Waals surface area contributed by atoms with Crippen LogP contribution < -0.4 is 9.80 Å². The molecule has 5 rings (SSSR count). The molecule has 2 atom stereocenters. The fourth-order valence-electron chi connectivity index (χ4n) is 4.69. The maximum absolute atomic E-state index is 13.5. The van der Waals surface area contributed by atoms with Crippen molar-refractivity contribution in [2.75, 3.05) is 22.9 Å². The van der Waals surface area contributed by atoms with Gasteiger partial charge in [-0.25, -0.2) is 0 Å². The lowest BCUT2D eigenvalue weighted by Crippen LogP contribution is -2.30. The van der Waals surface area contributed by atoms with Gasteiger partial charge in [-0.2, -0.15) is 0 Å². The van der Waals surface area contributed by atoms with Crippen molar-refractivity contribution < 1.29 is 9.59 Å². The molecule has 0 spiro atoms. The lowest BCUT2D eigenvalue weighted by molar-refractivity contribution is -0.118. The molecule has 0 N–H and O–H groups in total. The van der Waals surface area contributed by atoms with Crippen LogP contribution >= 0.6 is 23.5 Å². The fraction of sp³-hybridized carbons (Fsp3) is 0.286. The van der Waals surface area contributed by atoms with Crippen LogP contribution in [-0.4, -0.2) is 24.9 Å². The summed E-state index contributed by atoms with van der Waals surface area (Å²) in [6.07, 6.45) is 1.77. The molecule has 0 aromatic heterocycles. The molecule has 6 heteroatoms. The quantitative estimate of drug-likeness (QED) is 0.347. The van der Waals surface area contributed by atoms with E-state index in [-0.39, 0.29) is 22.3 Å². The number of hydrogen-bond acceptors (Lipinski definition) is 4. The second-order valence-electron chi connectivity index (χ2n) is 8.57. The van der Waals surface area contributed by atoms with Gasteiger partial charge in [0.05, 0.1) is 11.4 Å². The van der Waals surface area contributed by atoms with Crippen molar-refractivity contribution in [1.82, 2.24) is 0 Å². The number of thioether (sulfide) groups is 2. The predicted octanol–water partition coefficient (Wildman–Crippen LogP) is 6.87. The number of rotatable bonds is 8. The molecule has 174 valence electrons. The number of benzene rings is 3. The summed E-state index contributed by atoms with van der Waals surface area (Å²) < 4.78 is 0. The topological polar surface area (TPSA) is 40.6 Å². The number of fused-ring (bicyclic) bond motifs is 2. The van der Waals surface area contributed by atoms with Gasteiger partial charge in [-0.05, 0) is 60.4 Å². The zero-order valence-corrected chi connectivity index (χ0v) is 21.1. The van der Waals surface area contributed by atoms with E-state index in [0.29, 0.717) is 13.1 Å². The molecule has 34 heavy (non-hydrogen) atoms. The molecule has 2 aliphatic rings. The monoisotopic (exact) mass is 488 g/mol. The molecule has 0 saturated heterocycles. The maximum Gasteiger partial charge on any atom is 0.245 e. The highest BCUT2D eigenvalue weighted by Gasteiger charge is 2.44. The van der Waals surface area contributed by atoms with Crippen molar-refractivity contribution >= 4 is 46.7 Å². The Kier molecular flexibility index (Phi) is 6.70. The van der Waals surface area contributed by atoms with E-state index in [1.54, 1.807) is 23.5 Å². The summed E-state index contributed by atoms with van der Waals surface area (Å²) in [6, 6.07) is 24.4. The Hall–Kier alpha value is -2.70. The summed E-state index contributed by atoms with van der Waals surface area (Å²) in [7, 11) is 0. The minimum Gasteiger partial charge on any atom is -0.311 e.